The third-order valence-electron chi connectivity index (χ3n) is 4.03. The van der Waals surface area contributed by atoms with E-state index >= 15 is 0 Å². The molecule has 2 rings (SSSR count). The fraction of sp³-hybridized carbons (Fsp3) is 0.588. The molecule has 1 unspecified atom stereocenters. The normalized spacial score (nSPS) is 19.6. The molecular weight excluding hydrogens is 316 g/mol. The van der Waals surface area contributed by atoms with Crippen LogP contribution in [0.2, 0.25) is 5.02 Å². The Kier molecular flexibility index (Phi) is 7.56. The van der Waals surface area contributed by atoms with Crippen LogP contribution >= 0.6 is 23.4 Å². The van der Waals surface area contributed by atoms with Gasteiger partial charge in [-0.2, -0.15) is 11.8 Å². The fourth-order valence-corrected chi connectivity index (χ4v) is 3.78. The molecule has 0 aromatic heterocycles. The van der Waals surface area contributed by atoms with Gasteiger partial charge in [0.2, 0.25) is 5.91 Å². The maximum atomic E-state index is 12.3. The summed E-state index contributed by atoms with van der Waals surface area (Å²) in [6.45, 7) is 1.76. The Labute approximate surface area is 142 Å². The topological polar surface area (TPSA) is 32.3 Å². The van der Waals surface area contributed by atoms with E-state index in [0.717, 1.165) is 42.5 Å². The van der Waals surface area contributed by atoms with Crippen molar-refractivity contribution in [3.8, 4) is 0 Å². The van der Waals surface area contributed by atoms with Gasteiger partial charge >= 0.3 is 0 Å². The van der Waals surface area contributed by atoms with E-state index in [0.29, 0.717) is 0 Å². The minimum atomic E-state index is 0.0560. The summed E-state index contributed by atoms with van der Waals surface area (Å²) in [4.78, 5) is 14.5. The second kappa shape index (κ2) is 9.43. The number of amides is 1. The molecule has 122 valence electrons. The van der Waals surface area contributed by atoms with Crippen LogP contribution < -0.4 is 5.32 Å². The SMILES string of the molecule is CN1CCCCCC1C(=O)NCCSCc1cccc(Cl)c1. The number of thioether (sulfide) groups is 1. The molecule has 1 aliphatic rings. The molecule has 3 nitrogen and oxygen atoms in total. The molecule has 0 saturated carbocycles. The van der Waals surface area contributed by atoms with E-state index in [9.17, 15) is 4.79 Å². The zero-order chi connectivity index (χ0) is 15.8. The van der Waals surface area contributed by atoms with Crippen LogP contribution in [0.3, 0.4) is 0 Å². The Balaban J connectivity index is 1.64. The summed E-state index contributed by atoms with van der Waals surface area (Å²) >= 11 is 7.79. The van der Waals surface area contributed by atoms with Crippen molar-refractivity contribution in [2.75, 3.05) is 25.9 Å². The number of hydrogen-bond donors (Lipinski definition) is 1. The largest absolute Gasteiger partial charge is 0.354 e. The smallest absolute Gasteiger partial charge is 0.237 e. The molecule has 1 aliphatic heterocycles. The lowest BCUT2D eigenvalue weighted by atomic mass is 10.1. The summed E-state index contributed by atoms with van der Waals surface area (Å²) in [6.07, 6.45) is 4.59. The predicted molar refractivity (Wildman–Crippen MR) is 95.5 cm³/mol. The first-order valence-electron chi connectivity index (χ1n) is 7.97. The molecule has 0 aliphatic carbocycles. The molecule has 5 heteroatoms. The van der Waals surface area contributed by atoms with Crippen LogP contribution in [-0.4, -0.2) is 42.7 Å². The van der Waals surface area contributed by atoms with Gasteiger partial charge in [-0.25, -0.2) is 0 Å². The lowest BCUT2D eigenvalue weighted by Crippen LogP contribution is -2.45. The lowest BCUT2D eigenvalue weighted by Gasteiger charge is -2.24. The number of carbonyl (C=O) groups is 1. The van der Waals surface area contributed by atoms with Gasteiger partial charge in [-0.1, -0.05) is 36.6 Å². The second-order valence-corrected chi connectivity index (χ2v) is 7.36. The van der Waals surface area contributed by atoms with Crippen molar-refractivity contribution in [3.63, 3.8) is 0 Å². The van der Waals surface area contributed by atoms with E-state index in [1.807, 2.05) is 30.0 Å². The van der Waals surface area contributed by atoms with Gasteiger partial charge in [0.15, 0.2) is 0 Å². The molecule has 1 saturated heterocycles. The van der Waals surface area contributed by atoms with E-state index in [-0.39, 0.29) is 11.9 Å². The van der Waals surface area contributed by atoms with Gasteiger partial charge in [0.25, 0.3) is 0 Å². The summed E-state index contributed by atoms with van der Waals surface area (Å²) in [7, 11) is 2.06. The Hall–Kier alpha value is -0.710. The zero-order valence-corrected chi connectivity index (χ0v) is 14.8. The van der Waals surface area contributed by atoms with Crippen LogP contribution in [0, 0.1) is 0 Å². The maximum Gasteiger partial charge on any atom is 0.237 e. The first kappa shape index (κ1) is 17.6. The number of rotatable bonds is 6. The zero-order valence-electron chi connectivity index (χ0n) is 13.2. The summed E-state index contributed by atoms with van der Waals surface area (Å²) in [5, 5.41) is 3.86. The van der Waals surface area contributed by atoms with Crippen LogP contribution in [0.1, 0.15) is 31.2 Å². The minimum absolute atomic E-state index is 0.0560. The molecule has 1 aromatic rings. The highest BCUT2D eigenvalue weighted by molar-refractivity contribution is 7.98. The molecule has 1 heterocycles. The fourth-order valence-electron chi connectivity index (χ4n) is 2.76. The molecule has 22 heavy (non-hydrogen) atoms. The number of benzene rings is 1. The van der Waals surface area contributed by atoms with Gasteiger partial charge in [-0.05, 0) is 44.1 Å². The molecule has 0 bridgehead atoms. The molecule has 0 radical (unpaired) electrons. The molecule has 1 atom stereocenters. The summed E-state index contributed by atoms with van der Waals surface area (Å²) in [6, 6.07) is 7.99. The Bertz CT molecular complexity index is 483. The Morgan fingerprint density at radius 2 is 2.27 bits per heavy atom. The van der Waals surface area contributed by atoms with Crippen molar-refractivity contribution in [2.24, 2.45) is 0 Å². The van der Waals surface area contributed by atoms with Gasteiger partial charge in [0, 0.05) is 23.1 Å². The number of hydrogen-bond acceptors (Lipinski definition) is 3. The second-order valence-electron chi connectivity index (χ2n) is 5.82. The van der Waals surface area contributed by atoms with Crippen molar-refractivity contribution in [1.29, 1.82) is 0 Å². The van der Waals surface area contributed by atoms with Gasteiger partial charge in [0.1, 0.15) is 0 Å². The van der Waals surface area contributed by atoms with E-state index in [2.05, 4.69) is 23.3 Å². The van der Waals surface area contributed by atoms with Crippen LogP contribution in [0.4, 0.5) is 0 Å². The highest BCUT2D eigenvalue weighted by atomic mass is 35.5. The van der Waals surface area contributed by atoms with Crippen LogP contribution in [0.15, 0.2) is 24.3 Å². The van der Waals surface area contributed by atoms with E-state index in [4.69, 9.17) is 11.6 Å². The third-order valence-corrected chi connectivity index (χ3v) is 5.29. The number of likely N-dealkylation sites (tertiary alicyclic amines) is 1. The average molecular weight is 341 g/mol. The minimum Gasteiger partial charge on any atom is -0.354 e. The molecular formula is C17H25ClN2OS. The van der Waals surface area contributed by atoms with Crippen molar-refractivity contribution < 1.29 is 4.79 Å². The summed E-state index contributed by atoms with van der Waals surface area (Å²) < 4.78 is 0. The maximum absolute atomic E-state index is 12.3. The number of likely N-dealkylation sites (N-methyl/N-ethyl adjacent to an activating group) is 1. The van der Waals surface area contributed by atoms with Crippen molar-refractivity contribution in [3.05, 3.63) is 34.9 Å². The van der Waals surface area contributed by atoms with E-state index in [1.54, 1.807) is 0 Å². The third kappa shape index (κ3) is 5.82. The highest BCUT2D eigenvalue weighted by Gasteiger charge is 2.23. The monoisotopic (exact) mass is 340 g/mol. The Morgan fingerprint density at radius 3 is 3.09 bits per heavy atom. The van der Waals surface area contributed by atoms with Gasteiger partial charge in [0.05, 0.1) is 6.04 Å². The van der Waals surface area contributed by atoms with Crippen LogP contribution in [-0.2, 0) is 10.5 Å². The summed E-state index contributed by atoms with van der Waals surface area (Å²) in [5.41, 5.74) is 1.23. The van der Waals surface area contributed by atoms with Crippen molar-refractivity contribution in [2.45, 2.75) is 37.5 Å². The van der Waals surface area contributed by atoms with E-state index < -0.39 is 0 Å². The van der Waals surface area contributed by atoms with Gasteiger partial charge < -0.3 is 5.32 Å². The predicted octanol–water partition coefficient (Wildman–Crippen LogP) is 3.56. The van der Waals surface area contributed by atoms with Crippen molar-refractivity contribution in [1.82, 2.24) is 10.2 Å². The number of nitrogens with one attached hydrogen (secondary N) is 1. The molecule has 1 fully saturated rings. The summed E-state index contributed by atoms with van der Waals surface area (Å²) in [5.74, 6) is 2.04. The van der Waals surface area contributed by atoms with Gasteiger partial charge in [-0.3, -0.25) is 9.69 Å². The average Bonchev–Trinajstić information content (AvgIpc) is 2.71. The van der Waals surface area contributed by atoms with Crippen LogP contribution in [0.25, 0.3) is 0 Å². The first-order chi connectivity index (χ1) is 10.7. The highest BCUT2D eigenvalue weighted by Crippen LogP contribution is 2.17. The number of nitrogens with zero attached hydrogens (tertiary/aromatic N) is 1. The van der Waals surface area contributed by atoms with Crippen LogP contribution in [0.5, 0.6) is 0 Å². The standard InChI is InChI=1S/C17H25ClN2OS/c1-20-10-4-2-3-8-16(20)17(21)19-9-11-22-13-14-6-5-7-15(18)12-14/h5-7,12,16H,2-4,8-11,13H2,1H3,(H,19,21). The molecule has 1 N–H and O–H groups in total. The first-order valence-corrected chi connectivity index (χ1v) is 9.50. The number of carbonyl (C=O) groups excluding carboxylic acids is 1. The molecule has 1 aromatic carbocycles. The van der Waals surface area contributed by atoms with Crippen molar-refractivity contribution >= 4 is 29.3 Å². The molecule has 1 amide bonds. The van der Waals surface area contributed by atoms with Gasteiger partial charge in [-0.15, -0.1) is 0 Å². The van der Waals surface area contributed by atoms with E-state index in [1.165, 1.54) is 18.4 Å². The number of halogens is 1. The molecule has 0 spiro atoms. The Morgan fingerprint density at radius 1 is 1.41 bits per heavy atom. The quantitative estimate of drug-likeness (QED) is 0.803. The lowest BCUT2D eigenvalue weighted by molar-refractivity contribution is -0.125.